The number of β-lactam (4-membered cyclic amide) rings is 1. The lowest BCUT2D eigenvalue weighted by atomic mass is 9.77. The molecule has 48 heavy (non-hydrogen) atoms. The molecule has 6 rings (SSSR count). The number of aliphatic carboxylic acids is 1. The monoisotopic (exact) mass is 791 g/mol. The summed E-state index contributed by atoms with van der Waals surface area (Å²) in [5.41, 5.74) is 2.88. The van der Waals surface area contributed by atoms with Gasteiger partial charge < -0.3 is 20.6 Å². The Labute approximate surface area is 299 Å². The van der Waals surface area contributed by atoms with Crippen LogP contribution in [0, 0.1) is 0 Å². The topological polar surface area (TPSA) is 133 Å². The van der Waals surface area contributed by atoms with Crippen molar-refractivity contribution in [2.75, 3.05) is 22.1 Å². The van der Waals surface area contributed by atoms with Gasteiger partial charge in [0, 0.05) is 15.6 Å². The summed E-state index contributed by atoms with van der Waals surface area (Å²) in [6, 6.07) is 29.2. The summed E-state index contributed by atoms with van der Waals surface area (Å²) >= 11 is 4.80. The summed E-state index contributed by atoms with van der Waals surface area (Å²) in [6.45, 7) is 3.69. The van der Waals surface area contributed by atoms with Gasteiger partial charge in [-0.2, -0.15) is 0 Å². The van der Waals surface area contributed by atoms with Crippen molar-refractivity contribution in [2.45, 2.75) is 17.0 Å². The average molecular weight is 792 g/mol. The number of benzene rings is 3. The molecule has 0 unspecified atom stereocenters. The number of alkyl halides is 1. The number of fused-ring (bicyclic) bond motifs is 1. The number of nitrogens with zero attached hydrogens (tertiary/aromatic N) is 3. The minimum atomic E-state index is -1.16. The first-order chi connectivity index (χ1) is 23.4. The lowest BCUT2D eigenvalue weighted by molar-refractivity contribution is -0.150. The Hall–Kier alpha value is -4.47. The zero-order valence-electron chi connectivity index (χ0n) is 25.4. The quantitative estimate of drug-likeness (QED) is 0.0232. The number of thiazole rings is 1. The molecule has 2 aliphatic heterocycles. The fourth-order valence-electron chi connectivity index (χ4n) is 5.74. The van der Waals surface area contributed by atoms with Crippen molar-refractivity contribution in [3.63, 3.8) is 0 Å². The number of anilines is 1. The number of halogens is 1. The van der Waals surface area contributed by atoms with Crippen molar-refractivity contribution in [3.05, 3.63) is 143 Å². The third-order valence-electron chi connectivity index (χ3n) is 7.92. The summed E-state index contributed by atoms with van der Waals surface area (Å²) in [7, 11) is 0. The molecule has 4 aromatic rings. The SMILES string of the molecule is C=CCON=C(C(=O)N[C@@H]1C(=O)N2C(C(=O)O)=C(CI)CS[C@@H]12)c1csc(NC(c2ccccc2)(c2ccccc2)c2ccccc2)n1. The number of aromatic nitrogens is 1. The van der Waals surface area contributed by atoms with Crippen molar-refractivity contribution in [1.29, 1.82) is 0 Å². The summed E-state index contributed by atoms with van der Waals surface area (Å²) < 4.78 is 0.484. The van der Waals surface area contributed by atoms with Gasteiger partial charge in [-0.05, 0) is 22.3 Å². The minimum absolute atomic E-state index is 0.0131. The predicted molar refractivity (Wildman–Crippen MR) is 196 cm³/mol. The highest BCUT2D eigenvalue weighted by atomic mass is 127. The van der Waals surface area contributed by atoms with Gasteiger partial charge in [0.2, 0.25) is 0 Å². The van der Waals surface area contributed by atoms with Gasteiger partial charge in [-0.1, -0.05) is 131 Å². The van der Waals surface area contributed by atoms with Gasteiger partial charge in [0.25, 0.3) is 11.8 Å². The maximum Gasteiger partial charge on any atom is 0.352 e. The molecule has 2 amide bonds. The number of oxime groups is 1. The van der Waals surface area contributed by atoms with Crippen LogP contribution in [0.3, 0.4) is 0 Å². The highest BCUT2D eigenvalue weighted by Gasteiger charge is 2.54. The summed E-state index contributed by atoms with van der Waals surface area (Å²) in [6.07, 6.45) is 1.50. The van der Waals surface area contributed by atoms with Gasteiger partial charge in [0.1, 0.15) is 35.0 Å². The number of hydrogen-bond donors (Lipinski definition) is 3. The molecule has 10 nitrogen and oxygen atoms in total. The van der Waals surface area contributed by atoms with Crippen LogP contribution in [-0.4, -0.2) is 66.7 Å². The third-order valence-corrected chi connectivity index (χ3v) is 10.9. The van der Waals surface area contributed by atoms with Crippen LogP contribution in [0.15, 0.2) is 125 Å². The van der Waals surface area contributed by atoms with E-state index in [2.05, 4.69) is 81.4 Å². The Kier molecular flexibility index (Phi) is 10.3. The van der Waals surface area contributed by atoms with E-state index >= 15 is 0 Å². The van der Waals surface area contributed by atoms with Crippen molar-refractivity contribution in [1.82, 2.24) is 15.2 Å². The molecule has 0 bridgehead atoms. The van der Waals surface area contributed by atoms with Crippen molar-refractivity contribution >= 4 is 74.3 Å². The Morgan fingerprint density at radius 1 is 1.04 bits per heavy atom. The van der Waals surface area contributed by atoms with Gasteiger partial charge >= 0.3 is 5.97 Å². The molecule has 0 radical (unpaired) electrons. The van der Waals surface area contributed by atoms with E-state index in [1.165, 1.54) is 34.1 Å². The molecular weight excluding hydrogens is 761 g/mol. The van der Waals surface area contributed by atoms with Crippen LogP contribution in [0.2, 0.25) is 0 Å². The van der Waals surface area contributed by atoms with E-state index in [1.54, 1.807) is 5.38 Å². The Morgan fingerprint density at radius 3 is 2.15 bits per heavy atom. The van der Waals surface area contributed by atoms with Crippen LogP contribution >= 0.6 is 45.7 Å². The van der Waals surface area contributed by atoms with E-state index in [9.17, 15) is 19.5 Å². The molecule has 2 aliphatic rings. The van der Waals surface area contributed by atoms with E-state index in [-0.39, 0.29) is 23.7 Å². The minimum Gasteiger partial charge on any atom is -0.477 e. The number of thioether (sulfide) groups is 1. The van der Waals surface area contributed by atoms with Crippen molar-refractivity contribution in [3.8, 4) is 0 Å². The smallest absolute Gasteiger partial charge is 0.352 e. The second kappa shape index (κ2) is 14.7. The molecule has 0 saturated carbocycles. The number of amides is 2. The predicted octanol–water partition coefficient (Wildman–Crippen LogP) is 5.63. The molecule has 1 saturated heterocycles. The van der Waals surface area contributed by atoms with Crippen molar-refractivity contribution in [2.24, 2.45) is 5.16 Å². The molecular formula is C35H30IN5O5S2. The zero-order chi connectivity index (χ0) is 33.7. The van der Waals surface area contributed by atoms with Gasteiger partial charge in [-0.25, -0.2) is 9.78 Å². The maximum atomic E-state index is 13.7. The van der Waals surface area contributed by atoms with Crippen LogP contribution in [0.1, 0.15) is 22.4 Å². The second-order valence-electron chi connectivity index (χ2n) is 10.8. The van der Waals surface area contributed by atoms with Gasteiger partial charge in [-0.15, -0.1) is 23.1 Å². The van der Waals surface area contributed by atoms with Crippen LogP contribution in [0.4, 0.5) is 5.13 Å². The number of carboxylic acid groups (broad SMARTS) is 1. The second-order valence-corrected chi connectivity index (χ2v) is 13.5. The molecule has 2 atom stereocenters. The van der Waals surface area contributed by atoms with E-state index in [1.807, 2.05) is 54.6 Å². The summed E-state index contributed by atoms with van der Waals surface area (Å²) in [5.74, 6) is -1.88. The fourth-order valence-corrected chi connectivity index (χ4v) is 8.83. The van der Waals surface area contributed by atoms with Gasteiger partial charge in [-0.3, -0.25) is 14.5 Å². The lowest BCUT2D eigenvalue weighted by Crippen LogP contribution is -2.71. The van der Waals surface area contributed by atoms with Crippen LogP contribution in [0.25, 0.3) is 0 Å². The van der Waals surface area contributed by atoms with E-state index in [4.69, 9.17) is 9.82 Å². The fraction of sp³-hybridized carbons (Fsp3) is 0.171. The van der Waals surface area contributed by atoms with Gasteiger partial charge in [0.05, 0.1) is 0 Å². The lowest BCUT2D eigenvalue weighted by Gasteiger charge is -2.49. The molecule has 3 aromatic carbocycles. The van der Waals surface area contributed by atoms with Crippen LogP contribution in [-0.2, 0) is 24.8 Å². The highest BCUT2D eigenvalue weighted by Crippen LogP contribution is 2.42. The molecule has 0 aliphatic carbocycles. The maximum absolute atomic E-state index is 13.7. The van der Waals surface area contributed by atoms with Crippen molar-refractivity contribution < 1.29 is 24.3 Å². The number of carboxylic acids is 1. The molecule has 1 aromatic heterocycles. The van der Waals surface area contributed by atoms with Crippen LogP contribution < -0.4 is 10.6 Å². The molecule has 244 valence electrons. The standard InChI is InChI=1S/C35H30IN5O5S2/c1-2-18-46-40-27(30(42)38-28-31(43)41-29(33(44)45)22(19-36)20-47-32(28)41)26-21-48-34(37-26)39-35(23-12-6-3-7-13-23,24-14-8-4-9-15-24)25-16-10-5-11-17-25/h2-17,21,28,32H,1,18-20H2,(H,37,39)(H,38,42)(H,44,45)/t28-,32+/m1/s1. The Morgan fingerprint density at radius 2 is 1.62 bits per heavy atom. The van der Waals surface area contributed by atoms with E-state index in [0.29, 0.717) is 20.9 Å². The van der Waals surface area contributed by atoms with E-state index < -0.39 is 34.7 Å². The first-order valence-electron chi connectivity index (χ1n) is 14.9. The number of hydrogen-bond acceptors (Lipinski definition) is 9. The molecule has 1 fully saturated rings. The summed E-state index contributed by atoms with van der Waals surface area (Å²) in [4.78, 5) is 50.3. The molecule has 3 heterocycles. The zero-order valence-corrected chi connectivity index (χ0v) is 29.2. The normalized spacial score (nSPS) is 17.6. The first kappa shape index (κ1) is 33.4. The van der Waals surface area contributed by atoms with Gasteiger partial charge in [0.15, 0.2) is 10.8 Å². The number of carbonyl (C=O) groups is 3. The number of nitrogens with one attached hydrogen (secondary N) is 2. The summed E-state index contributed by atoms with van der Waals surface area (Å²) in [5, 5.41) is 22.0. The first-order valence-corrected chi connectivity index (χ1v) is 18.3. The molecule has 13 heteroatoms. The largest absolute Gasteiger partial charge is 0.477 e. The Balaban J connectivity index is 1.32. The average Bonchev–Trinajstić information content (AvgIpc) is 3.59. The van der Waals surface area contributed by atoms with E-state index in [0.717, 1.165) is 16.7 Å². The molecule has 0 spiro atoms. The number of rotatable bonds is 13. The van der Waals surface area contributed by atoms with Crippen LogP contribution in [0.5, 0.6) is 0 Å². The molecule has 3 N–H and O–H groups in total. The third kappa shape index (κ3) is 6.36. The number of carbonyl (C=O) groups excluding carboxylic acids is 2. The highest BCUT2D eigenvalue weighted by molar-refractivity contribution is 14.1. The Bertz CT molecular complexity index is 1790.